The van der Waals surface area contributed by atoms with Crippen molar-refractivity contribution in [2.75, 3.05) is 0 Å². The second-order valence-electron chi connectivity index (χ2n) is 17.9. The molecule has 0 aromatic heterocycles. The largest absolute Gasteiger partial charge is 0.595 e. The minimum absolute atomic E-state index is 0. The molecule has 12 nitrogen and oxygen atoms in total. The molecule has 12 unspecified atom stereocenters. The molecule has 0 radical (unpaired) electrons. The predicted molar refractivity (Wildman–Crippen MR) is 275 cm³/mol. The van der Waals surface area contributed by atoms with Gasteiger partial charge in [0.2, 0.25) is 0 Å². The summed E-state index contributed by atoms with van der Waals surface area (Å²) < 4.78 is 62.4. The first kappa shape index (κ1) is 82.1. The Labute approximate surface area is 433 Å². The van der Waals surface area contributed by atoms with Crippen LogP contribution in [-0.4, -0.2) is 34.0 Å². The third kappa shape index (κ3) is 76.1. The zero-order valence-corrected chi connectivity index (χ0v) is 52.0. The van der Waals surface area contributed by atoms with Crippen LogP contribution in [0.2, 0.25) is 0 Å². The Morgan fingerprint density at radius 1 is 0.239 bits per heavy atom. The number of hydrogen-bond acceptors (Lipinski definition) is 12. The van der Waals surface area contributed by atoms with Crippen LogP contribution in [0.5, 0.6) is 0 Å². The van der Waals surface area contributed by atoms with E-state index in [2.05, 4.69) is 41.5 Å². The van der Waals surface area contributed by atoms with E-state index in [0.717, 1.165) is 77.0 Å². The Morgan fingerprint density at radius 3 is 0.418 bits per heavy atom. The van der Waals surface area contributed by atoms with Gasteiger partial charge in [0.1, 0.15) is 34.0 Å². The Morgan fingerprint density at radius 2 is 0.343 bits per heavy atom. The molecule has 0 rings (SSSR count). The van der Waals surface area contributed by atoms with E-state index in [-0.39, 0.29) is 55.0 Å². The van der Waals surface area contributed by atoms with Crippen molar-refractivity contribution >= 4 is 48.2 Å². The van der Waals surface area contributed by atoms with Gasteiger partial charge in [0.25, 0.3) is 0 Å². The predicted octanol–water partition coefficient (Wildman–Crippen LogP) is 14.7. The quantitative estimate of drug-likeness (QED) is 0.0323. The first-order valence-electron chi connectivity index (χ1n) is 25.9. The van der Waals surface area contributed by atoms with Gasteiger partial charge in [0, 0.05) is 21.1 Å². The molecule has 0 aromatic carbocycles. The van der Waals surface area contributed by atoms with Gasteiger partial charge in [-0.15, -0.1) is 0 Å². The van der Waals surface area contributed by atoms with Crippen LogP contribution in [0.3, 0.4) is 0 Å². The fraction of sp³-hybridized carbons (Fsp3) is 1.00. The maximum atomic E-state index is 10.4. The van der Waals surface area contributed by atoms with Crippen molar-refractivity contribution in [1.82, 2.24) is 0 Å². The molecule has 0 N–H and O–H groups in total. The molecular weight excluding hydrogens is 1050 g/mol. The summed E-state index contributed by atoms with van der Waals surface area (Å²) in [4.78, 5) is 62.4. The van der Waals surface area contributed by atoms with Crippen molar-refractivity contribution in [2.24, 2.45) is 0 Å². The Bertz CT molecular complexity index is 913. The summed E-state index contributed by atoms with van der Waals surface area (Å²) >= 11 is 0. The van der Waals surface area contributed by atoms with Gasteiger partial charge in [-0.1, -0.05) is 185 Å². The minimum Gasteiger partial charge on any atom is -0.595 e. The molecule has 0 spiro atoms. The van der Waals surface area contributed by atoms with Gasteiger partial charge in [-0.25, -0.2) is 0 Å². The average Bonchev–Trinajstić information content (AvgIpc) is 3.27. The number of hydrogen-bond donors (Lipinski definition) is 0. The molecule has 0 amide bonds. The molecule has 0 aliphatic heterocycles. The zero-order chi connectivity index (χ0) is 52.1. The fourth-order valence-electron chi connectivity index (χ4n) is 5.83. The molecule has 0 bridgehead atoms. The van der Waals surface area contributed by atoms with Crippen LogP contribution in [-0.2, 0) is 48.5 Å². The maximum Gasteiger partial charge on any atom is 0.311 e. The third-order valence-electron chi connectivity index (χ3n) is 11.0. The monoisotopic (exact) mass is 1150 g/mol. The first-order valence-corrected chi connectivity index (χ1v) is 33.4. The molecule has 0 aliphatic carbocycles. The number of unbranched alkanes of at least 4 members (excludes halogenated alkanes) is 18. The Kier molecular flexibility index (Phi) is 79.7. The molecule has 0 heterocycles. The van der Waals surface area contributed by atoms with Crippen LogP contribution >= 0.6 is 48.2 Å². The molecule has 0 saturated heterocycles. The van der Waals surface area contributed by atoms with Gasteiger partial charge in [0.15, 0.2) is 0 Å². The number of rotatable bonds is 36. The van der Waals surface area contributed by atoms with Crippen molar-refractivity contribution in [3.05, 3.63) is 0 Å². The van der Waals surface area contributed by atoms with Gasteiger partial charge in [-0.2, -0.15) is 0 Å². The van der Waals surface area contributed by atoms with E-state index in [4.69, 9.17) is 0 Å². The molecular formula is C48H102MoO12P6. The van der Waals surface area contributed by atoms with E-state index in [9.17, 15) is 56.8 Å². The normalized spacial score (nSPS) is 14.4. The van der Waals surface area contributed by atoms with Gasteiger partial charge in [-0.3, -0.25) is 0 Å². The van der Waals surface area contributed by atoms with Gasteiger partial charge in [-0.05, 0) is 119 Å². The first-order chi connectivity index (χ1) is 31.1. The second-order valence-corrected chi connectivity index (χ2v) is 26.6. The summed E-state index contributed by atoms with van der Waals surface area (Å²) in [5.41, 5.74) is -0.740. The standard InChI is InChI=1S/6C8H17O2P.Mo/c6*1-3-4-5-6-7-8(2)11(9)10;/h6*8H,3-7H2,1-2H3;. The maximum absolute atomic E-state index is 10.4. The van der Waals surface area contributed by atoms with Crippen LogP contribution in [0.1, 0.15) is 276 Å². The van der Waals surface area contributed by atoms with Crippen LogP contribution in [0.25, 0.3) is 0 Å². The van der Waals surface area contributed by atoms with Crippen LogP contribution in [0, 0.1) is 0 Å². The van der Waals surface area contributed by atoms with Crippen molar-refractivity contribution in [2.45, 2.75) is 310 Å². The van der Waals surface area contributed by atoms with E-state index in [1.54, 1.807) is 41.5 Å². The molecule has 0 aromatic rings. The molecule has 0 aliphatic rings. The van der Waals surface area contributed by atoms with Crippen molar-refractivity contribution < 1.29 is 77.8 Å². The molecule has 0 saturated carbocycles. The minimum atomic E-state index is -2.18. The Balaban J connectivity index is -0.000000129. The van der Waals surface area contributed by atoms with Crippen molar-refractivity contribution in [1.29, 1.82) is 0 Å². The van der Waals surface area contributed by atoms with Gasteiger partial charge >= 0.3 is 48.2 Å². The van der Waals surface area contributed by atoms with Crippen LogP contribution in [0.15, 0.2) is 0 Å². The molecule has 19 heteroatoms. The van der Waals surface area contributed by atoms with Gasteiger partial charge < -0.3 is 29.4 Å². The summed E-state index contributed by atoms with van der Waals surface area (Å²) in [7, 11) is -13.1. The smallest absolute Gasteiger partial charge is 0.311 e. The van der Waals surface area contributed by atoms with Crippen LogP contribution < -0.4 is 29.4 Å². The summed E-state index contributed by atoms with van der Waals surface area (Å²) in [5.74, 6) is 0. The van der Waals surface area contributed by atoms with Crippen molar-refractivity contribution in [3.63, 3.8) is 0 Å². The average molecular weight is 1150 g/mol. The molecule has 0 fully saturated rings. The van der Waals surface area contributed by atoms with E-state index in [0.29, 0.717) is 0 Å². The summed E-state index contributed by atoms with van der Waals surface area (Å²) in [6, 6.07) is 0. The van der Waals surface area contributed by atoms with Crippen molar-refractivity contribution in [3.8, 4) is 0 Å². The molecule has 67 heavy (non-hydrogen) atoms. The second kappa shape index (κ2) is 65.1. The summed E-state index contributed by atoms with van der Waals surface area (Å²) in [6.07, 6.45) is 32.9. The van der Waals surface area contributed by atoms with E-state index in [1.807, 2.05) is 0 Å². The molecule has 402 valence electrons. The zero-order valence-electron chi connectivity index (χ0n) is 44.7. The summed E-state index contributed by atoms with van der Waals surface area (Å²) in [6.45, 7) is 23.6. The van der Waals surface area contributed by atoms with Gasteiger partial charge in [0.05, 0.1) is 0 Å². The topological polar surface area (TPSA) is 241 Å². The van der Waals surface area contributed by atoms with E-state index >= 15 is 0 Å². The van der Waals surface area contributed by atoms with E-state index in [1.165, 1.54) is 116 Å². The molecule has 12 atom stereocenters. The third-order valence-corrected chi connectivity index (χ3v) is 16.9. The van der Waals surface area contributed by atoms with E-state index < -0.39 is 48.2 Å². The summed E-state index contributed by atoms with van der Waals surface area (Å²) in [5, 5.41) is 0. The fourth-order valence-corrected chi connectivity index (χ4v) is 8.19. The Hall–Kier alpha value is 1.05. The SMILES string of the molecule is CCCCCCC(C)[P+](=O)[O-].CCCCCCC(C)[P+](=O)[O-].CCCCCCC(C)[P+](=O)[O-].CCCCCCC(C)[P+](=O)[O-].CCCCCCC(C)[P+](=O)[O-].CCCCCCC(C)[P+](=O)[O-].[Mo]. The van der Waals surface area contributed by atoms with Crippen LogP contribution in [0.4, 0.5) is 0 Å².